The number of ether oxygens (including phenoxy) is 1. The third-order valence-corrected chi connectivity index (χ3v) is 3.38. The molecule has 1 aromatic rings. The van der Waals surface area contributed by atoms with Gasteiger partial charge in [0.05, 0.1) is 12.2 Å². The number of primary amides is 1. The maximum Gasteiger partial charge on any atom is 0.260 e. The highest BCUT2D eigenvalue weighted by atomic mass is 16.5. The average molecular weight is 291 g/mol. The van der Waals surface area contributed by atoms with Crippen LogP contribution < -0.4 is 21.1 Å². The van der Waals surface area contributed by atoms with Crippen LogP contribution in [0.3, 0.4) is 0 Å². The molecule has 1 unspecified atom stereocenters. The van der Waals surface area contributed by atoms with E-state index in [1.807, 2.05) is 19.9 Å². The Kier molecular flexibility index (Phi) is 4.18. The van der Waals surface area contributed by atoms with Crippen LogP contribution in [0.2, 0.25) is 0 Å². The van der Waals surface area contributed by atoms with E-state index in [0.717, 1.165) is 0 Å². The minimum absolute atomic E-state index is 0.0875. The molecule has 2 amide bonds. The van der Waals surface area contributed by atoms with Gasteiger partial charge in [-0.3, -0.25) is 9.59 Å². The molecule has 4 N–H and O–H groups in total. The lowest BCUT2D eigenvalue weighted by Gasteiger charge is -2.34. The Balaban J connectivity index is 2.21. The van der Waals surface area contributed by atoms with Crippen LogP contribution in [0.5, 0.6) is 5.75 Å². The van der Waals surface area contributed by atoms with Crippen molar-refractivity contribution in [3.8, 4) is 5.75 Å². The quantitative estimate of drug-likeness (QED) is 0.856. The average Bonchev–Trinajstić information content (AvgIpc) is 2.42. The molecule has 1 aliphatic rings. The van der Waals surface area contributed by atoms with Crippen LogP contribution in [0.25, 0.3) is 0 Å². The van der Waals surface area contributed by atoms with E-state index in [2.05, 4.69) is 0 Å². The summed E-state index contributed by atoms with van der Waals surface area (Å²) in [7, 11) is 0. The molecule has 6 nitrogen and oxygen atoms in total. The van der Waals surface area contributed by atoms with Gasteiger partial charge >= 0.3 is 0 Å². The lowest BCUT2D eigenvalue weighted by atomic mass is 9.99. The van der Waals surface area contributed by atoms with Crippen molar-refractivity contribution in [2.24, 2.45) is 11.5 Å². The van der Waals surface area contributed by atoms with E-state index in [4.69, 9.17) is 16.2 Å². The number of anilines is 1. The van der Waals surface area contributed by atoms with E-state index < -0.39 is 17.6 Å². The number of hydrogen-bond acceptors (Lipinski definition) is 4. The van der Waals surface area contributed by atoms with Crippen molar-refractivity contribution in [2.45, 2.75) is 38.3 Å². The number of hydrogen-bond donors (Lipinski definition) is 2. The number of rotatable bonds is 4. The highest BCUT2D eigenvalue weighted by molar-refractivity contribution is 5.97. The van der Waals surface area contributed by atoms with Crippen molar-refractivity contribution in [1.29, 1.82) is 0 Å². The molecule has 0 aromatic heterocycles. The molecule has 21 heavy (non-hydrogen) atoms. The zero-order chi connectivity index (χ0) is 15.6. The van der Waals surface area contributed by atoms with E-state index in [1.165, 1.54) is 0 Å². The van der Waals surface area contributed by atoms with Gasteiger partial charge in [-0.05, 0) is 32.4 Å². The van der Waals surface area contributed by atoms with Crippen molar-refractivity contribution in [2.75, 3.05) is 11.4 Å². The van der Waals surface area contributed by atoms with Gasteiger partial charge in [0, 0.05) is 12.0 Å². The summed E-state index contributed by atoms with van der Waals surface area (Å²) in [6.07, 6.45) is 0.0466. The Labute approximate surface area is 124 Å². The molecule has 0 saturated heterocycles. The van der Waals surface area contributed by atoms with Gasteiger partial charge in [-0.15, -0.1) is 0 Å². The molecule has 0 fully saturated rings. The fraction of sp³-hybridized carbons (Fsp3) is 0.467. The Morgan fingerprint density at radius 2 is 2.05 bits per heavy atom. The molecule has 1 atom stereocenters. The Morgan fingerprint density at radius 1 is 1.38 bits per heavy atom. The molecule has 1 heterocycles. The van der Waals surface area contributed by atoms with E-state index in [9.17, 15) is 9.59 Å². The van der Waals surface area contributed by atoms with Gasteiger partial charge in [-0.1, -0.05) is 12.1 Å². The van der Waals surface area contributed by atoms with Gasteiger partial charge in [0.15, 0.2) is 6.10 Å². The first kappa shape index (κ1) is 15.3. The van der Waals surface area contributed by atoms with Crippen LogP contribution in [0, 0.1) is 0 Å². The fourth-order valence-electron chi connectivity index (χ4n) is 2.18. The molecule has 0 spiro atoms. The number of amides is 2. The summed E-state index contributed by atoms with van der Waals surface area (Å²) in [5.74, 6) is -0.176. The van der Waals surface area contributed by atoms with Crippen molar-refractivity contribution in [3.05, 3.63) is 24.3 Å². The first-order valence-electron chi connectivity index (χ1n) is 6.92. The third-order valence-electron chi connectivity index (χ3n) is 3.38. The zero-order valence-electron chi connectivity index (χ0n) is 12.3. The molecular formula is C15H21N3O3. The molecule has 0 bridgehead atoms. The second-order valence-corrected chi connectivity index (χ2v) is 5.97. The summed E-state index contributed by atoms with van der Waals surface area (Å²) in [5.41, 5.74) is 11.5. The van der Waals surface area contributed by atoms with Crippen LogP contribution in [0.15, 0.2) is 24.3 Å². The van der Waals surface area contributed by atoms with Crippen LogP contribution >= 0.6 is 0 Å². The predicted molar refractivity (Wildman–Crippen MR) is 79.9 cm³/mol. The zero-order valence-corrected chi connectivity index (χ0v) is 12.3. The van der Waals surface area contributed by atoms with Crippen molar-refractivity contribution < 1.29 is 14.3 Å². The topological polar surface area (TPSA) is 98.7 Å². The standard InChI is InChI=1S/C15H21N3O3/c1-15(2,17)8-7-13(19)18-9-12(14(16)20)21-11-6-4-3-5-10(11)18/h3-6,12H,7-9,17H2,1-2H3,(H2,16,20). The minimum atomic E-state index is -0.824. The van der Waals surface area contributed by atoms with Crippen LogP contribution in [0.4, 0.5) is 5.69 Å². The Bertz CT molecular complexity index is 551. The number of carbonyl (C=O) groups is 2. The van der Waals surface area contributed by atoms with Crippen molar-refractivity contribution >= 4 is 17.5 Å². The summed E-state index contributed by atoms with van der Waals surface area (Å²) >= 11 is 0. The second-order valence-electron chi connectivity index (χ2n) is 5.97. The Hall–Kier alpha value is -2.08. The molecule has 2 rings (SSSR count). The monoisotopic (exact) mass is 291 g/mol. The molecular weight excluding hydrogens is 270 g/mol. The van der Waals surface area contributed by atoms with Crippen LogP contribution in [0.1, 0.15) is 26.7 Å². The summed E-state index contributed by atoms with van der Waals surface area (Å²) < 4.78 is 5.53. The lowest BCUT2D eigenvalue weighted by molar-refractivity contribution is -0.125. The molecule has 1 aromatic carbocycles. The molecule has 1 aliphatic heterocycles. The van der Waals surface area contributed by atoms with Crippen LogP contribution in [-0.4, -0.2) is 30.0 Å². The second kappa shape index (κ2) is 5.73. The highest BCUT2D eigenvalue weighted by Gasteiger charge is 2.32. The van der Waals surface area contributed by atoms with Crippen molar-refractivity contribution in [3.63, 3.8) is 0 Å². The maximum atomic E-state index is 12.4. The first-order chi connectivity index (χ1) is 9.78. The number of para-hydroxylation sites is 2. The summed E-state index contributed by atoms with van der Waals surface area (Å²) in [6, 6.07) is 7.11. The number of nitrogens with zero attached hydrogens (tertiary/aromatic N) is 1. The smallest absolute Gasteiger partial charge is 0.260 e. The number of carbonyl (C=O) groups excluding carboxylic acids is 2. The fourth-order valence-corrected chi connectivity index (χ4v) is 2.18. The van der Waals surface area contributed by atoms with E-state index in [0.29, 0.717) is 24.3 Å². The third kappa shape index (κ3) is 3.72. The SMILES string of the molecule is CC(C)(N)CCC(=O)N1CC(C(N)=O)Oc2ccccc21. The summed E-state index contributed by atoms with van der Waals surface area (Å²) in [5, 5.41) is 0. The normalized spacial score (nSPS) is 17.9. The largest absolute Gasteiger partial charge is 0.477 e. The van der Waals surface area contributed by atoms with Crippen molar-refractivity contribution in [1.82, 2.24) is 0 Å². The molecule has 0 saturated carbocycles. The van der Waals surface area contributed by atoms with E-state index in [-0.39, 0.29) is 12.5 Å². The molecule has 0 radical (unpaired) electrons. The number of fused-ring (bicyclic) bond motifs is 1. The van der Waals surface area contributed by atoms with Gasteiger partial charge in [0.25, 0.3) is 5.91 Å². The maximum absolute atomic E-state index is 12.4. The highest BCUT2D eigenvalue weighted by Crippen LogP contribution is 2.33. The number of nitrogens with two attached hydrogens (primary N) is 2. The van der Waals surface area contributed by atoms with Gasteiger partial charge in [0.2, 0.25) is 5.91 Å². The van der Waals surface area contributed by atoms with E-state index in [1.54, 1.807) is 23.1 Å². The van der Waals surface area contributed by atoms with Gasteiger partial charge in [0.1, 0.15) is 5.75 Å². The summed E-state index contributed by atoms with van der Waals surface area (Å²) in [6.45, 7) is 3.88. The number of benzene rings is 1. The Morgan fingerprint density at radius 3 is 2.67 bits per heavy atom. The minimum Gasteiger partial charge on any atom is -0.477 e. The molecule has 6 heteroatoms. The first-order valence-corrected chi connectivity index (χ1v) is 6.92. The van der Waals surface area contributed by atoms with Gasteiger partial charge in [-0.2, -0.15) is 0 Å². The molecule has 0 aliphatic carbocycles. The van der Waals surface area contributed by atoms with Crippen LogP contribution in [-0.2, 0) is 9.59 Å². The van der Waals surface area contributed by atoms with Gasteiger partial charge < -0.3 is 21.1 Å². The van der Waals surface area contributed by atoms with E-state index >= 15 is 0 Å². The lowest BCUT2D eigenvalue weighted by Crippen LogP contribution is -2.49. The molecule has 114 valence electrons. The van der Waals surface area contributed by atoms with Gasteiger partial charge in [-0.25, -0.2) is 0 Å². The predicted octanol–water partition coefficient (Wildman–Crippen LogP) is 0.783. The summed E-state index contributed by atoms with van der Waals surface area (Å²) in [4.78, 5) is 25.4.